The molecule has 112 valence electrons. The molecule has 20 heavy (non-hydrogen) atoms. The summed E-state index contributed by atoms with van der Waals surface area (Å²) >= 11 is 5.66. The Morgan fingerprint density at radius 3 is 2.60 bits per heavy atom. The quantitative estimate of drug-likeness (QED) is 0.589. The minimum Gasteiger partial charge on any atom is -0.383 e. The summed E-state index contributed by atoms with van der Waals surface area (Å²) in [5.41, 5.74) is -0.444. The molecular weight excluding hydrogens is 308 g/mol. The monoisotopic (exact) mass is 322 g/mol. The number of benzene rings is 1. The molecule has 1 aromatic rings. The van der Waals surface area contributed by atoms with E-state index in [-0.39, 0.29) is 16.5 Å². The van der Waals surface area contributed by atoms with Gasteiger partial charge in [-0.1, -0.05) is 11.6 Å². The lowest BCUT2D eigenvalue weighted by Gasteiger charge is -2.23. The van der Waals surface area contributed by atoms with Crippen molar-refractivity contribution in [2.45, 2.75) is 17.9 Å². The molecule has 0 amide bonds. The summed E-state index contributed by atoms with van der Waals surface area (Å²) in [5, 5.41) is 10.7. The number of hydrogen-bond acceptors (Lipinski definition) is 5. The molecule has 9 heteroatoms. The molecule has 0 heterocycles. The van der Waals surface area contributed by atoms with Crippen LogP contribution in [0.25, 0.3) is 0 Å². The second-order valence-corrected chi connectivity index (χ2v) is 6.60. The van der Waals surface area contributed by atoms with Crippen molar-refractivity contribution in [3.63, 3.8) is 0 Å². The molecule has 0 spiro atoms. The topological polar surface area (TPSA) is 89.8 Å². The van der Waals surface area contributed by atoms with Gasteiger partial charge in [0, 0.05) is 26.3 Å². The zero-order valence-electron chi connectivity index (χ0n) is 11.2. The molecule has 0 saturated heterocycles. The Hall–Kier alpha value is -1.22. The summed E-state index contributed by atoms with van der Waals surface area (Å²) in [5.74, 6) is 0. The fraction of sp³-hybridized carbons (Fsp3) is 0.455. The van der Waals surface area contributed by atoms with Crippen LogP contribution in [-0.4, -0.2) is 44.5 Å². The maximum atomic E-state index is 12.3. The van der Waals surface area contributed by atoms with E-state index in [4.69, 9.17) is 16.3 Å². The number of hydrogen-bond donors (Lipinski definition) is 0. The highest BCUT2D eigenvalue weighted by molar-refractivity contribution is 7.89. The fourth-order valence-electron chi connectivity index (χ4n) is 1.54. The van der Waals surface area contributed by atoms with E-state index in [1.54, 1.807) is 6.92 Å². The largest absolute Gasteiger partial charge is 0.383 e. The van der Waals surface area contributed by atoms with E-state index >= 15 is 0 Å². The van der Waals surface area contributed by atoms with E-state index in [0.717, 1.165) is 10.4 Å². The lowest BCUT2D eigenvalue weighted by atomic mass is 10.3. The minimum absolute atomic E-state index is 0.110. The van der Waals surface area contributed by atoms with E-state index in [1.165, 1.54) is 26.3 Å². The summed E-state index contributed by atoms with van der Waals surface area (Å²) < 4.78 is 30.7. The molecule has 7 nitrogen and oxygen atoms in total. The number of ether oxygens (including phenoxy) is 1. The zero-order valence-corrected chi connectivity index (χ0v) is 12.8. The Kier molecular flexibility index (Phi) is 5.46. The fourth-order valence-corrected chi connectivity index (χ4v) is 3.10. The molecule has 0 radical (unpaired) electrons. The highest BCUT2D eigenvalue weighted by atomic mass is 35.5. The Bertz CT molecular complexity index is 605. The van der Waals surface area contributed by atoms with Crippen LogP contribution < -0.4 is 0 Å². The van der Waals surface area contributed by atoms with E-state index in [9.17, 15) is 18.5 Å². The van der Waals surface area contributed by atoms with Gasteiger partial charge in [0.2, 0.25) is 10.0 Å². The maximum absolute atomic E-state index is 12.3. The van der Waals surface area contributed by atoms with E-state index < -0.39 is 26.7 Å². The molecule has 0 aliphatic heterocycles. The normalized spacial score (nSPS) is 13.4. The van der Waals surface area contributed by atoms with Crippen molar-refractivity contribution < 1.29 is 18.1 Å². The van der Waals surface area contributed by atoms with Crippen LogP contribution in [0.5, 0.6) is 0 Å². The first-order chi connectivity index (χ1) is 9.21. The van der Waals surface area contributed by atoms with Gasteiger partial charge in [0.05, 0.1) is 16.4 Å². The van der Waals surface area contributed by atoms with Crippen LogP contribution in [0.4, 0.5) is 5.69 Å². The van der Waals surface area contributed by atoms with Crippen LogP contribution in [-0.2, 0) is 14.8 Å². The molecule has 0 aromatic heterocycles. The first-order valence-corrected chi connectivity index (χ1v) is 7.44. The van der Waals surface area contributed by atoms with Gasteiger partial charge < -0.3 is 4.74 Å². The van der Waals surface area contributed by atoms with Gasteiger partial charge in [-0.15, -0.1) is 0 Å². The number of likely N-dealkylation sites (N-methyl/N-ethyl adjacent to an activating group) is 1. The Morgan fingerprint density at radius 1 is 1.50 bits per heavy atom. The zero-order chi connectivity index (χ0) is 15.5. The average molecular weight is 323 g/mol. The van der Waals surface area contributed by atoms with Crippen LogP contribution in [0.1, 0.15) is 6.92 Å². The van der Waals surface area contributed by atoms with Crippen molar-refractivity contribution in [3.8, 4) is 0 Å². The molecule has 0 N–H and O–H groups in total. The molecule has 0 aliphatic carbocycles. The average Bonchev–Trinajstić information content (AvgIpc) is 2.37. The third-order valence-corrected chi connectivity index (χ3v) is 5.11. The van der Waals surface area contributed by atoms with Gasteiger partial charge in [-0.2, -0.15) is 4.31 Å². The van der Waals surface area contributed by atoms with Crippen LogP contribution in [0, 0.1) is 10.1 Å². The maximum Gasteiger partial charge on any atom is 0.289 e. The molecule has 0 fully saturated rings. The van der Waals surface area contributed by atoms with Gasteiger partial charge in [0.15, 0.2) is 0 Å². The number of sulfonamides is 1. The van der Waals surface area contributed by atoms with Crippen molar-refractivity contribution in [1.82, 2.24) is 4.31 Å². The van der Waals surface area contributed by atoms with Crippen molar-refractivity contribution in [1.29, 1.82) is 0 Å². The van der Waals surface area contributed by atoms with Crippen LogP contribution in [0.15, 0.2) is 23.1 Å². The van der Waals surface area contributed by atoms with Crippen molar-refractivity contribution >= 4 is 27.3 Å². The van der Waals surface area contributed by atoms with Gasteiger partial charge in [-0.25, -0.2) is 8.42 Å². The number of halogens is 1. The van der Waals surface area contributed by atoms with E-state index in [2.05, 4.69) is 0 Å². The smallest absolute Gasteiger partial charge is 0.289 e. The van der Waals surface area contributed by atoms with Gasteiger partial charge in [0.1, 0.15) is 5.02 Å². The number of nitrogens with zero attached hydrogens (tertiary/aromatic N) is 2. The summed E-state index contributed by atoms with van der Waals surface area (Å²) in [6.45, 7) is 1.89. The van der Waals surface area contributed by atoms with Crippen LogP contribution in [0.3, 0.4) is 0 Å². The molecule has 1 unspecified atom stereocenters. The van der Waals surface area contributed by atoms with Gasteiger partial charge >= 0.3 is 0 Å². The second kappa shape index (κ2) is 6.49. The highest BCUT2D eigenvalue weighted by Crippen LogP contribution is 2.28. The minimum atomic E-state index is -3.84. The molecule has 1 atom stereocenters. The third-order valence-electron chi connectivity index (χ3n) is 2.82. The molecule has 1 rings (SSSR count). The SMILES string of the molecule is COCC(C)N(C)S(=O)(=O)c1ccc(Cl)c([N+](=O)[O-])c1. The lowest BCUT2D eigenvalue weighted by molar-refractivity contribution is -0.384. The van der Waals surface area contributed by atoms with Crippen LogP contribution in [0.2, 0.25) is 5.02 Å². The molecule has 0 saturated carbocycles. The third kappa shape index (κ3) is 3.45. The standard InChI is InChI=1S/C11H15ClN2O5S/c1-8(7-19-3)13(2)20(17,18)9-4-5-10(12)11(6-9)14(15)16/h4-6,8H,7H2,1-3H3. The molecule has 1 aromatic carbocycles. The van der Waals surface area contributed by atoms with E-state index in [1.807, 2.05) is 0 Å². The van der Waals surface area contributed by atoms with Gasteiger partial charge in [-0.05, 0) is 19.1 Å². The Labute approximate surface area is 122 Å². The molecule has 0 aliphatic rings. The number of nitro groups is 1. The lowest BCUT2D eigenvalue weighted by Crippen LogP contribution is -2.37. The van der Waals surface area contributed by atoms with E-state index in [0.29, 0.717) is 0 Å². The van der Waals surface area contributed by atoms with Crippen molar-refractivity contribution in [2.75, 3.05) is 20.8 Å². The first-order valence-electron chi connectivity index (χ1n) is 5.62. The molecular formula is C11H15ClN2O5S. The summed E-state index contributed by atoms with van der Waals surface area (Å²) in [4.78, 5) is 9.90. The number of rotatable bonds is 6. The first kappa shape index (κ1) is 16.8. The van der Waals surface area contributed by atoms with Crippen molar-refractivity contribution in [3.05, 3.63) is 33.3 Å². The number of nitro benzene ring substituents is 1. The number of methoxy groups -OCH3 is 1. The summed E-state index contributed by atoms with van der Waals surface area (Å²) in [7, 11) is -0.992. The summed E-state index contributed by atoms with van der Waals surface area (Å²) in [6.07, 6.45) is 0. The van der Waals surface area contributed by atoms with Gasteiger partial charge in [-0.3, -0.25) is 10.1 Å². The predicted octanol–water partition coefficient (Wildman–Crippen LogP) is 1.90. The van der Waals surface area contributed by atoms with Crippen LogP contribution >= 0.6 is 11.6 Å². The van der Waals surface area contributed by atoms with Crippen molar-refractivity contribution in [2.24, 2.45) is 0 Å². The summed E-state index contributed by atoms with van der Waals surface area (Å²) in [6, 6.07) is 2.98. The Morgan fingerprint density at radius 2 is 2.10 bits per heavy atom. The predicted molar refractivity (Wildman–Crippen MR) is 74.4 cm³/mol. The highest BCUT2D eigenvalue weighted by Gasteiger charge is 2.27. The second-order valence-electron chi connectivity index (χ2n) is 4.20. The molecule has 0 bridgehead atoms. The Balaban J connectivity index is 3.22. The van der Waals surface area contributed by atoms with Gasteiger partial charge in [0.25, 0.3) is 5.69 Å².